The van der Waals surface area contributed by atoms with Crippen LogP contribution < -0.4 is 14.9 Å². The molecule has 1 amide bonds. The predicted molar refractivity (Wildman–Crippen MR) is 118 cm³/mol. The molecule has 6 nitrogen and oxygen atoms in total. The van der Waals surface area contributed by atoms with Crippen LogP contribution in [0.2, 0.25) is 5.02 Å². The molecule has 0 atom stereocenters. The van der Waals surface area contributed by atoms with Gasteiger partial charge in [0.1, 0.15) is 11.5 Å². The maximum absolute atomic E-state index is 12.1. The van der Waals surface area contributed by atoms with E-state index in [-0.39, 0.29) is 6.61 Å². The highest BCUT2D eigenvalue weighted by Crippen LogP contribution is 2.17. The van der Waals surface area contributed by atoms with Crippen molar-refractivity contribution in [2.75, 3.05) is 6.61 Å². The second kappa shape index (κ2) is 10.6. The number of benzene rings is 3. The molecular weight excluding hydrogens is 472 g/mol. The molecular formula is C22H16BrClN2O4. The van der Waals surface area contributed by atoms with Crippen molar-refractivity contribution in [2.45, 2.75) is 0 Å². The maximum atomic E-state index is 12.1. The van der Waals surface area contributed by atoms with Crippen LogP contribution in [-0.4, -0.2) is 24.7 Å². The van der Waals surface area contributed by atoms with E-state index in [9.17, 15) is 9.59 Å². The van der Waals surface area contributed by atoms with Gasteiger partial charge in [-0.05, 0) is 72.3 Å². The lowest BCUT2D eigenvalue weighted by Crippen LogP contribution is -2.24. The number of nitrogens with one attached hydrogen (secondary N) is 1. The largest absolute Gasteiger partial charge is 0.484 e. The third-order valence-electron chi connectivity index (χ3n) is 3.74. The van der Waals surface area contributed by atoms with Crippen LogP contribution in [0.4, 0.5) is 0 Å². The summed E-state index contributed by atoms with van der Waals surface area (Å²) in [6.45, 7) is -0.192. The zero-order valence-corrected chi connectivity index (χ0v) is 17.9. The van der Waals surface area contributed by atoms with Gasteiger partial charge >= 0.3 is 5.97 Å². The van der Waals surface area contributed by atoms with Crippen molar-refractivity contribution in [1.29, 1.82) is 0 Å². The monoisotopic (exact) mass is 486 g/mol. The Morgan fingerprint density at radius 1 is 1.00 bits per heavy atom. The first kappa shape index (κ1) is 21.5. The van der Waals surface area contributed by atoms with E-state index in [4.69, 9.17) is 21.1 Å². The Bertz CT molecular complexity index is 1050. The average molecular weight is 488 g/mol. The van der Waals surface area contributed by atoms with Crippen molar-refractivity contribution in [3.8, 4) is 11.5 Å². The highest BCUT2D eigenvalue weighted by molar-refractivity contribution is 9.10. The smallest absolute Gasteiger partial charge is 0.343 e. The van der Waals surface area contributed by atoms with Crippen molar-refractivity contribution < 1.29 is 19.1 Å². The molecule has 0 aliphatic heterocycles. The molecule has 0 unspecified atom stereocenters. The van der Waals surface area contributed by atoms with Gasteiger partial charge in [-0.2, -0.15) is 5.10 Å². The van der Waals surface area contributed by atoms with Gasteiger partial charge in [0.25, 0.3) is 5.91 Å². The second-order valence-electron chi connectivity index (χ2n) is 6.00. The number of nitrogens with zero attached hydrogens (tertiary/aromatic N) is 1. The minimum atomic E-state index is -0.448. The number of carbonyl (C=O) groups excluding carboxylic acids is 2. The van der Waals surface area contributed by atoms with Gasteiger partial charge in [-0.1, -0.05) is 33.6 Å². The molecule has 0 radical (unpaired) electrons. The highest BCUT2D eigenvalue weighted by atomic mass is 79.9. The number of rotatable bonds is 7. The Balaban J connectivity index is 1.46. The fourth-order valence-electron chi connectivity index (χ4n) is 2.29. The Labute approximate surface area is 186 Å². The van der Waals surface area contributed by atoms with E-state index in [0.717, 1.165) is 10.0 Å². The van der Waals surface area contributed by atoms with E-state index in [1.54, 1.807) is 72.8 Å². The van der Waals surface area contributed by atoms with Crippen LogP contribution in [0.1, 0.15) is 15.9 Å². The average Bonchev–Trinajstić information content (AvgIpc) is 2.74. The Hall–Kier alpha value is -3.16. The number of carbonyl (C=O) groups is 2. The first-order valence-electron chi connectivity index (χ1n) is 8.78. The van der Waals surface area contributed by atoms with Crippen molar-refractivity contribution in [3.05, 3.63) is 93.4 Å². The summed E-state index contributed by atoms with van der Waals surface area (Å²) in [6, 6.07) is 20.3. The van der Waals surface area contributed by atoms with Gasteiger partial charge in [0.15, 0.2) is 6.61 Å². The van der Waals surface area contributed by atoms with Crippen LogP contribution in [-0.2, 0) is 4.79 Å². The summed E-state index contributed by atoms with van der Waals surface area (Å²) in [5.41, 5.74) is 3.54. The Morgan fingerprint density at radius 3 is 2.43 bits per heavy atom. The van der Waals surface area contributed by atoms with Crippen LogP contribution in [0, 0.1) is 0 Å². The van der Waals surface area contributed by atoms with Gasteiger partial charge in [-0.3, -0.25) is 4.79 Å². The number of ether oxygens (including phenoxy) is 2. The topological polar surface area (TPSA) is 77.0 Å². The first-order valence-corrected chi connectivity index (χ1v) is 9.95. The third kappa shape index (κ3) is 6.72. The molecule has 1 N–H and O–H groups in total. The van der Waals surface area contributed by atoms with Crippen LogP contribution in [0.25, 0.3) is 0 Å². The normalized spacial score (nSPS) is 10.6. The molecule has 8 heteroatoms. The fraction of sp³-hybridized carbons (Fsp3) is 0.0455. The Kier molecular flexibility index (Phi) is 7.59. The summed E-state index contributed by atoms with van der Waals surface area (Å²) in [4.78, 5) is 23.9. The van der Waals surface area contributed by atoms with Gasteiger partial charge in [0, 0.05) is 9.50 Å². The van der Waals surface area contributed by atoms with Crippen LogP contribution in [0.5, 0.6) is 11.5 Å². The lowest BCUT2D eigenvalue weighted by Gasteiger charge is -2.05. The number of esters is 1. The number of halogens is 2. The number of hydrogen-bond acceptors (Lipinski definition) is 5. The van der Waals surface area contributed by atoms with E-state index >= 15 is 0 Å². The summed E-state index contributed by atoms with van der Waals surface area (Å²) in [5.74, 6) is 0.0380. The summed E-state index contributed by atoms with van der Waals surface area (Å²) in [7, 11) is 0. The quantitative estimate of drug-likeness (QED) is 0.224. The SMILES string of the molecule is O=C(COc1cccc(Cl)c1)N/N=C\c1ccc(OC(=O)c2ccc(Br)cc2)cc1. The molecule has 3 rings (SSSR count). The molecule has 30 heavy (non-hydrogen) atoms. The van der Waals surface area contributed by atoms with Crippen LogP contribution >= 0.6 is 27.5 Å². The van der Waals surface area contributed by atoms with Crippen molar-refractivity contribution in [3.63, 3.8) is 0 Å². The number of hydrazone groups is 1. The van der Waals surface area contributed by atoms with E-state index in [1.807, 2.05) is 0 Å². The summed E-state index contributed by atoms with van der Waals surface area (Å²) in [6.07, 6.45) is 1.47. The molecule has 0 fully saturated rings. The van der Waals surface area contributed by atoms with Crippen molar-refractivity contribution in [1.82, 2.24) is 5.43 Å². The minimum Gasteiger partial charge on any atom is -0.484 e. The van der Waals surface area contributed by atoms with E-state index < -0.39 is 11.9 Å². The lowest BCUT2D eigenvalue weighted by molar-refractivity contribution is -0.123. The predicted octanol–water partition coefficient (Wildman–Crippen LogP) is 4.85. The molecule has 0 spiro atoms. The molecule has 0 saturated carbocycles. The molecule has 152 valence electrons. The molecule has 3 aromatic rings. The second-order valence-corrected chi connectivity index (χ2v) is 7.36. The molecule has 0 aliphatic carbocycles. The number of amides is 1. The van der Waals surface area contributed by atoms with Crippen molar-refractivity contribution >= 4 is 45.6 Å². The van der Waals surface area contributed by atoms with Gasteiger partial charge in [-0.25, -0.2) is 10.2 Å². The molecule has 0 saturated heterocycles. The van der Waals surface area contributed by atoms with E-state index in [2.05, 4.69) is 26.5 Å². The van der Waals surface area contributed by atoms with Gasteiger partial charge < -0.3 is 9.47 Å². The van der Waals surface area contributed by atoms with Gasteiger partial charge in [-0.15, -0.1) is 0 Å². The highest BCUT2D eigenvalue weighted by Gasteiger charge is 2.08. The van der Waals surface area contributed by atoms with Gasteiger partial charge in [0.2, 0.25) is 0 Å². The zero-order chi connectivity index (χ0) is 21.3. The lowest BCUT2D eigenvalue weighted by atomic mass is 10.2. The standard InChI is InChI=1S/C22H16BrClN2O4/c23-17-8-6-16(7-9-17)22(28)30-19-10-4-15(5-11-19)13-25-26-21(27)14-29-20-3-1-2-18(24)12-20/h1-13H,14H2,(H,26,27)/b25-13-. The van der Waals surface area contributed by atoms with Crippen LogP contribution in [0.15, 0.2) is 82.4 Å². The Morgan fingerprint density at radius 2 is 1.73 bits per heavy atom. The molecule has 0 aromatic heterocycles. The maximum Gasteiger partial charge on any atom is 0.343 e. The van der Waals surface area contributed by atoms with Crippen molar-refractivity contribution in [2.24, 2.45) is 5.10 Å². The molecule has 0 heterocycles. The minimum absolute atomic E-state index is 0.192. The molecule has 0 aliphatic rings. The fourth-order valence-corrected chi connectivity index (χ4v) is 2.74. The zero-order valence-electron chi connectivity index (χ0n) is 15.5. The van der Waals surface area contributed by atoms with E-state index in [0.29, 0.717) is 22.1 Å². The molecule has 3 aromatic carbocycles. The molecule has 0 bridgehead atoms. The summed E-state index contributed by atoms with van der Waals surface area (Å²) < 4.78 is 11.5. The summed E-state index contributed by atoms with van der Waals surface area (Å²) >= 11 is 9.17. The summed E-state index contributed by atoms with van der Waals surface area (Å²) in [5, 5.41) is 4.40. The third-order valence-corrected chi connectivity index (χ3v) is 4.50. The van der Waals surface area contributed by atoms with Gasteiger partial charge in [0.05, 0.1) is 11.8 Å². The van der Waals surface area contributed by atoms with E-state index in [1.165, 1.54) is 6.21 Å². The van der Waals surface area contributed by atoms with Crippen LogP contribution in [0.3, 0.4) is 0 Å². The first-order chi connectivity index (χ1) is 14.5. The number of hydrogen-bond donors (Lipinski definition) is 1.